The molecule has 0 heterocycles. The van der Waals surface area contributed by atoms with Gasteiger partial charge in [-0.3, -0.25) is 4.79 Å². The first kappa shape index (κ1) is 19.5. The zero-order valence-electron chi connectivity index (χ0n) is 14.6. The van der Waals surface area contributed by atoms with Gasteiger partial charge in [0.15, 0.2) is 0 Å². The quantitative estimate of drug-likeness (QED) is 0.723. The molecule has 0 fully saturated rings. The van der Waals surface area contributed by atoms with Crippen molar-refractivity contribution in [1.82, 2.24) is 5.32 Å². The molecule has 0 bridgehead atoms. The fourth-order valence-electron chi connectivity index (χ4n) is 2.48. The van der Waals surface area contributed by atoms with Crippen molar-refractivity contribution in [3.8, 4) is 5.75 Å². The van der Waals surface area contributed by atoms with Crippen molar-refractivity contribution in [3.63, 3.8) is 0 Å². The number of benzene rings is 2. The molecular weight excluding hydrogens is 354 g/mol. The van der Waals surface area contributed by atoms with Crippen LogP contribution < -0.4 is 10.1 Å². The van der Waals surface area contributed by atoms with Crippen molar-refractivity contribution < 1.29 is 19.4 Å². The Hall–Kier alpha value is -2.79. The van der Waals surface area contributed by atoms with Crippen LogP contribution in [0.25, 0.3) is 5.57 Å². The summed E-state index contributed by atoms with van der Waals surface area (Å²) in [6, 6.07) is 12.5. The highest BCUT2D eigenvalue weighted by Gasteiger charge is 2.12. The minimum Gasteiger partial charge on any atom is -0.496 e. The summed E-state index contributed by atoms with van der Waals surface area (Å²) in [5, 5.41) is 12.1. The third kappa shape index (κ3) is 5.36. The summed E-state index contributed by atoms with van der Waals surface area (Å²) >= 11 is 5.94. The van der Waals surface area contributed by atoms with E-state index >= 15 is 0 Å². The van der Waals surface area contributed by atoms with Crippen LogP contribution in [-0.4, -0.2) is 30.6 Å². The number of allylic oxidation sites excluding steroid dienone is 1. The first-order chi connectivity index (χ1) is 12.4. The number of rotatable bonds is 7. The maximum Gasteiger partial charge on any atom is 0.328 e. The van der Waals surface area contributed by atoms with Crippen LogP contribution in [0.15, 0.2) is 48.5 Å². The molecule has 2 aromatic rings. The van der Waals surface area contributed by atoms with Crippen molar-refractivity contribution in [2.75, 3.05) is 13.7 Å². The molecule has 2 aromatic carbocycles. The number of hydrogen-bond donors (Lipinski definition) is 2. The molecule has 0 unspecified atom stereocenters. The number of aliphatic carboxylic acids is 1. The molecule has 0 aromatic heterocycles. The van der Waals surface area contributed by atoms with E-state index in [2.05, 4.69) is 5.32 Å². The standard InChI is InChI=1S/C20H20ClNO4/c1-13(11-19(23)24)15-5-3-14(4-6-15)9-10-22-20(25)17-12-16(21)7-8-18(17)26-2/h3-8,11-12H,9-10H2,1-2H3,(H,22,25)(H,23,24). The largest absolute Gasteiger partial charge is 0.496 e. The van der Waals surface area contributed by atoms with Gasteiger partial charge < -0.3 is 15.2 Å². The van der Waals surface area contributed by atoms with E-state index in [1.807, 2.05) is 24.3 Å². The molecule has 0 aliphatic heterocycles. The molecule has 5 nitrogen and oxygen atoms in total. The molecule has 2 N–H and O–H groups in total. The monoisotopic (exact) mass is 373 g/mol. The first-order valence-electron chi connectivity index (χ1n) is 8.03. The van der Waals surface area contributed by atoms with Crippen molar-refractivity contribution >= 4 is 29.1 Å². The van der Waals surface area contributed by atoms with E-state index in [9.17, 15) is 9.59 Å². The molecule has 0 radical (unpaired) electrons. The lowest BCUT2D eigenvalue weighted by molar-refractivity contribution is -0.131. The summed E-state index contributed by atoms with van der Waals surface area (Å²) < 4.78 is 5.18. The van der Waals surface area contributed by atoms with Crippen LogP contribution in [0.2, 0.25) is 5.02 Å². The Balaban J connectivity index is 1.95. The van der Waals surface area contributed by atoms with Crippen LogP contribution >= 0.6 is 11.6 Å². The van der Waals surface area contributed by atoms with Crippen LogP contribution in [0.3, 0.4) is 0 Å². The summed E-state index contributed by atoms with van der Waals surface area (Å²) in [6.45, 7) is 2.21. The fourth-order valence-corrected chi connectivity index (χ4v) is 2.65. The van der Waals surface area contributed by atoms with Crippen molar-refractivity contribution in [1.29, 1.82) is 0 Å². The minimum atomic E-state index is -0.967. The van der Waals surface area contributed by atoms with Gasteiger partial charge in [0.05, 0.1) is 12.7 Å². The molecule has 136 valence electrons. The number of ether oxygens (including phenoxy) is 1. The topological polar surface area (TPSA) is 75.6 Å². The van der Waals surface area contributed by atoms with Gasteiger partial charge in [0, 0.05) is 17.6 Å². The van der Waals surface area contributed by atoms with Gasteiger partial charge in [-0.2, -0.15) is 0 Å². The Morgan fingerprint density at radius 3 is 2.50 bits per heavy atom. The van der Waals surface area contributed by atoms with Crippen molar-refractivity contribution in [2.24, 2.45) is 0 Å². The predicted molar refractivity (Wildman–Crippen MR) is 102 cm³/mol. The van der Waals surface area contributed by atoms with E-state index in [4.69, 9.17) is 21.4 Å². The van der Waals surface area contributed by atoms with E-state index in [1.54, 1.807) is 25.1 Å². The summed E-state index contributed by atoms with van der Waals surface area (Å²) in [7, 11) is 1.50. The van der Waals surface area contributed by atoms with Gasteiger partial charge in [-0.25, -0.2) is 4.79 Å². The third-order valence-electron chi connectivity index (χ3n) is 3.85. The number of halogens is 1. The number of hydrogen-bond acceptors (Lipinski definition) is 3. The molecule has 0 aliphatic rings. The number of carboxylic acids is 1. The second-order valence-electron chi connectivity index (χ2n) is 5.71. The number of carboxylic acid groups (broad SMARTS) is 1. The Morgan fingerprint density at radius 2 is 1.88 bits per heavy atom. The number of amides is 1. The summed E-state index contributed by atoms with van der Waals surface area (Å²) in [4.78, 5) is 23.0. The van der Waals surface area contributed by atoms with Gasteiger partial charge in [0.1, 0.15) is 5.75 Å². The SMILES string of the molecule is COc1ccc(Cl)cc1C(=O)NCCc1ccc(C(C)=CC(=O)O)cc1. The lowest BCUT2D eigenvalue weighted by Gasteiger charge is -2.10. The van der Waals surface area contributed by atoms with Crippen LogP contribution in [0.1, 0.15) is 28.4 Å². The van der Waals surface area contributed by atoms with Crippen LogP contribution in [-0.2, 0) is 11.2 Å². The molecule has 1 amide bonds. The summed E-state index contributed by atoms with van der Waals surface area (Å²) in [6.07, 6.45) is 1.82. The average molecular weight is 374 g/mol. The molecule has 26 heavy (non-hydrogen) atoms. The number of carbonyl (C=O) groups is 2. The van der Waals surface area contributed by atoms with E-state index in [0.717, 1.165) is 11.1 Å². The van der Waals surface area contributed by atoms with E-state index in [-0.39, 0.29) is 5.91 Å². The molecule has 0 atom stereocenters. The van der Waals surface area contributed by atoms with Crippen LogP contribution in [0.4, 0.5) is 0 Å². The number of nitrogens with one attached hydrogen (secondary N) is 1. The molecule has 0 aliphatic carbocycles. The lowest BCUT2D eigenvalue weighted by atomic mass is 10.0. The minimum absolute atomic E-state index is 0.249. The summed E-state index contributed by atoms with van der Waals surface area (Å²) in [5.41, 5.74) is 2.97. The molecule has 6 heteroatoms. The Morgan fingerprint density at radius 1 is 1.19 bits per heavy atom. The predicted octanol–water partition coefficient (Wildman–Crippen LogP) is 3.81. The van der Waals surface area contributed by atoms with Crippen LogP contribution in [0, 0.1) is 0 Å². The molecule has 2 rings (SSSR count). The Labute approximate surface area is 157 Å². The van der Waals surface area contributed by atoms with E-state index in [1.165, 1.54) is 13.2 Å². The van der Waals surface area contributed by atoms with Gasteiger partial charge >= 0.3 is 5.97 Å². The Bertz CT molecular complexity index is 828. The fraction of sp³-hybridized carbons (Fsp3) is 0.200. The second kappa shape index (κ2) is 9.06. The zero-order valence-corrected chi connectivity index (χ0v) is 15.3. The highest BCUT2D eigenvalue weighted by molar-refractivity contribution is 6.31. The maximum atomic E-state index is 12.3. The van der Waals surface area contributed by atoms with Gasteiger partial charge in [-0.05, 0) is 48.2 Å². The number of carbonyl (C=O) groups excluding carboxylic acids is 1. The number of methoxy groups -OCH3 is 1. The van der Waals surface area contributed by atoms with Gasteiger partial charge in [0.25, 0.3) is 5.91 Å². The molecule has 0 saturated carbocycles. The Kier molecular flexibility index (Phi) is 6.81. The van der Waals surface area contributed by atoms with Gasteiger partial charge in [-0.15, -0.1) is 0 Å². The van der Waals surface area contributed by atoms with Gasteiger partial charge in [0.2, 0.25) is 0 Å². The third-order valence-corrected chi connectivity index (χ3v) is 4.09. The van der Waals surface area contributed by atoms with Crippen LogP contribution in [0.5, 0.6) is 5.75 Å². The average Bonchev–Trinajstić information content (AvgIpc) is 2.61. The van der Waals surface area contributed by atoms with E-state index in [0.29, 0.717) is 34.9 Å². The zero-order chi connectivity index (χ0) is 19.1. The maximum absolute atomic E-state index is 12.3. The highest BCUT2D eigenvalue weighted by atomic mass is 35.5. The normalized spacial score (nSPS) is 11.1. The molecular formula is C20H20ClNO4. The lowest BCUT2D eigenvalue weighted by Crippen LogP contribution is -2.26. The first-order valence-corrected chi connectivity index (χ1v) is 8.41. The summed E-state index contributed by atoms with van der Waals surface area (Å²) in [5.74, 6) is -0.746. The molecule has 0 spiro atoms. The van der Waals surface area contributed by atoms with Crippen molar-refractivity contribution in [3.05, 3.63) is 70.3 Å². The smallest absolute Gasteiger partial charge is 0.328 e. The second-order valence-corrected chi connectivity index (χ2v) is 6.15. The highest BCUT2D eigenvalue weighted by Crippen LogP contribution is 2.22. The van der Waals surface area contributed by atoms with E-state index < -0.39 is 5.97 Å². The molecule has 0 saturated heterocycles. The van der Waals surface area contributed by atoms with Gasteiger partial charge in [-0.1, -0.05) is 35.9 Å². The van der Waals surface area contributed by atoms with Crippen molar-refractivity contribution in [2.45, 2.75) is 13.3 Å².